The van der Waals surface area contributed by atoms with Crippen LogP contribution >= 0.6 is 11.3 Å². The molecule has 102 valence electrons. The molecule has 0 aliphatic carbocycles. The van der Waals surface area contributed by atoms with Crippen molar-refractivity contribution in [2.75, 3.05) is 5.32 Å². The average molecular weight is 288 g/mol. The number of nitrogens with two attached hydrogens (primary N) is 1. The molecule has 3 N–H and O–H groups in total. The van der Waals surface area contributed by atoms with Crippen LogP contribution in [0.1, 0.15) is 21.4 Å². The summed E-state index contributed by atoms with van der Waals surface area (Å²) in [6.45, 7) is 2.12. The van der Waals surface area contributed by atoms with Crippen LogP contribution < -0.4 is 11.1 Å². The molecule has 1 aromatic carbocycles. The fourth-order valence-electron chi connectivity index (χ4n) is 1.82. The number of oxazole rings is 1. The third kappa shape index (κ3) is 2.40. The molecule has 2 aromatic heterocycles. The van der Waals surface area contributed by atoms with Crippen LogP contribution in [0.25, 0.3) is 11.1 Å². The minimum atomic E-state index is -0.263. The van der Waals surface area contributed by atoms with Crippen molar-refractivity contribution in [2.45, 2.75) is 13.5 Å². The van der Waals surface area contributed by atoms with Gasteiger partial charge in [0.1, 0.15) is 16.2 Å². The van der Waals surface area contributed by atoms with Crippen molar-refractivity contribution in [1.29, 1.82) is 0 Å². The minimum absolute atomic E-state index is 0.263. The van der Waals surface area contributed by atoms with Crippen LogP contribution in [0.2, 0.25) is 0 Å². The maximum atomic E-state index is 12.0. The Morgan fingerprint density at radius 3 is 3.05 bits per heavy atom. The highest BCUT2D eigenvalue weighted by atomic mass is 32.1. The van der Waals surface area contributed by atoms with Gasteiger partial charge in [-0.2, -0.15) is 0 Å². The zero-order valence-corrected chi connectivity index (χ0v) is 11.5. The highest BCUT2D eigenvalue weighted by Gasteiger charge is 2.11. The van der Waals surface area contributed by atoms with Crippen molar-refractivity contribution in [3.8, 4) is 0 Å². The van der Waals surface area contributed by atoms with Gasteiger partial charge in [0.2, 0.25) is 0 Å². The van der Waals surface area contributed by atoms with Gasteiger partial charge in [0.15, 0.2) is 11.5 Å². The third-order valence-electron chi connectivity index (χ3n) is 2.71. The van der Waals surface area contributed by atoms with Gasteiger partial charge in [-0.3, -0.25) is 4.79 Å². The molecule has 0 spiro atoms. The Hall–Kier alpha value is -2.25. The van der Waals surface area contributed by atoms with E-state index >= 15 is 0 Å². The fourth-order valence-corrected chi connectivity index (χ4v) is 2.48. The second-order valence-corrected chi connectivity index (χ2v) is 5.14. The number of aryl methyl sites for hydroxylation is 1. The van der Waals surface area contributed by atoms with Gasteiger partial charge in [-0.1, -0.05) is 0 Å². The van der Waals surface area contributed by atoms with Crippen LogP contribution in [-0.4, -0.2) is 15.9 Å². The number of fused-ring (bicyclic) bond motifs is 1. The average Bonchev–Trinajstić information content (AvgIpc) is 3.03. The Labute approximate surface area is 118 Å². The SMILES string of the molecule is Cc1nc2cc(NC(=O)c3csc(CN)n3)ccc2o1. The Balaban J connectivity index is 1.82. The largest absolute Gasteiger partial charge is 0.441 e. The van der Waals surface area contributed by atoms with Gasteiger partial charge < -0.3 is 15.5 Å². The summed E-state index contributed by atoms with van der Waals surface area (Å²) in [6.07, 6.45) is 0. The highest BCUT2D eigenvalue weighted by Crippen LogP contribution is 2.20. The number of carbonyl (C=O) groups excluding carboxylic acids is 1. The summed E-state index contributed by atoms with van der Waals surface area (Å²) in [5.41, 5.74) is 7.90. The minimum Gasteiger partial charge on any atom is -0.441 e. The van der Waals surface area contributed by atoms with E-state index in [-0.39, 0.29) is 5.91 Å². The van der Waals surface area contributed by atoms with Crippen molar-refractivity contribution in [2.24, 2.45) is 5.73 Å². The van der Waals surface area contributed by atoms with E-state index in [9.17, 15) is 4.79 Å². The number of hydrogen-bond donors (Lipinski definition) is 2. The van der Waals surface area contributed by atoms with Crippen LogP contribution in [-0.2, 0) is 6.54 Å². The number of hydrogen-bond acceptors (Lipinski definition) is 6. The summed E-state index contributed by atoms with van der Waals surface area (Å²) in [7, 11) is 0. The molecular weight excluding hydrogens is 276 g/mol. The van der Waals surface area contributed by atoms with Crippen LogP contribution in [0.5, 0.6) is 0 Å². The number of thiazole rings is 1. The lowest BCUT2D eigenvalue weighted by Gasteiger charge is -2.02. The third-order valence-corrected chi connectivity index (χ3v) is 3.58. The van der Waals surface area contributed by atoms with Gasteiger partial charge in [0, 0.05) is 24.5 Å². The predicted molar refractivity (Wildman–Crippen MR) is 76.7 cm³/mol. The number of carbonyl (C=O) groups is 1. The second-order valence-electron chi connectivity index (χ2n) is 4.20. The Morgan fingerprint density at radius 2 is 2.30 bits per heavy atom. The Kier molecular flexibility index (Phi) is 3.21. The van der Waals surface area contributed by atoms with E-state index in [2.05, 4.69) is 15.3 Å². The molecule has 0 saturated carbocycles. The molecule has 0 unspecified atom stereocenters. The van der Waals surface area contributed by atoms with Crippen molar-refractivity contribution >= 4 is 34.0 Å². The van der Waals surface area contributed by atoms with Crippen molar-refractivity contribution in [3.05, 3.63) is 40.2 Å². The molecular formula is C13H12N4O2S. The van der Waals surface area contributed by atoms with E-state index < -0.39 is 0 Å². The quantitative estimate of drug-likeness (QED) is 0.771. The van der Waals surface area contributed by atoms with E-state index in [1.165, 1.54) is 11.3 Å². The lowest BCUT2D eigenvalue weighted by molar-refractivity contribution is 0.102. The molecule has 0 radical (unpaired) electrons. The number of nitrogens with one attached hydrogen (secondary N) is 1. The van der Waals surface area contributed by atoms with Gasteiger partial charge >= 0.3 is 0 Å². The maximum absolute atomic E-state index is 12.0. The molecule has 0 saturated heterocycles. The molecule has 7 heteroatoms. The van der Waals surface area contributed by atoms with Gasteiger partial charge in [-0.25, -0.2) is 9.97 Å². The first-order valence-electron chi connectivity index (χ1n) is 5.99. The first kappa shape index (κ1) is 12.8. The van der Waals surface area contributed by atoms with Crippen molar-refractivity contribution in [3.63, 3.8) is 0 Å². The maximum Gasteiger partial charge on any atom is 0.275 e. The van der Waals surface area contributed by atoms with Gasteiger partial charge in [-0.05, 0) is 18.2 Å². The lowest BCUT2D eigenvalue weighted by atomic mass is 10.3. The van der Waals surface area contributed by atoms with Crippen LogP contribution in [0.15, 0.2) is 28.0 Å². The normalized spacial score (nSPS) is 10.9. The topological polar surface area (TPSA) is 94.0 Å². The zero-order valence-electron chi connectivity index (χ0n) is 10.7. The predicted octanol–water partition coefficient (Wildman–Crippen LogP) is 2.30. The number of benzene rings is 1. The Bertz CT molecular complexity index is 778. The molecule has 3 aromatic rings. The van der Waals surface area contributed by atoms with Gasteiger partial charge in [-0.15, -0.1) is 11.3 Å². The molecule has 2 heterocycles. The van der Waals surface area contributed by atoms with E-state index in [0.717, 1.165) is 5.01 Å². The molecule has 6 nitrogen and oxygen atoms in total. The first-order chi connectivity index (χ1) is 9.65. The molecule has 0 atom stereocenters. The lowest BCUT2D eigenvalue weighted by Crippen LogP contribution is -2.12. The number of aromatic nitrogens is 2. The zero-order chi connectivity index (χ0) is 14.1. The van der Waals surface area contributed by atoms with E-state index in [4.69, 9.17) is 10.2 Å². The number of rotatable bonds is 3. The molecule has 0 bridgehead atoms. The fraction of sp³-hybridized carbons (Fsp3) is 0.154. The van der Waals surface area contributed by atoms with Crippen molar-refractivity contribution < 1.29 is 9.21 Å². The van der Waals surface area contributed by atoms with Gasteiger partial charge in [0.25, 0.3) is 5.91 Å². The van der Waals surface area contributed by atoms with E-state index in [1.54, 1.807) is 30.5 Å². The second kappa shape index (κ2) is 5.03. The van der Waals surface area contributed by atoms with Crippen LogP contribution in [0, 0.1) is 6.92 Å². The molecule has 0 aliphatic rings. The molecule has 1 amide bonds. The van der Waals surface area contributed by atoms with Crippen LogP contribution in [0.4, 0.5) is 5.69 Å². The smallest absolute Gasteiger partial charge is 0.275 e. The first-order valence-corrected chi connectivity index (χ1v) is 6.86. The van der Waals surface area contributed by atoms with Crippen LogP contribution in [0.3, 0.4) is 0 Å². The summed E-state index contributed by atoms with van der Waals surface area (Å²) in [5.74, 6) is 0.330. The van der Waals surface area contributed by atoms with E-state index in [1.807, 2.05) is 0 Å². The van der Waals surface area contributed by atoms with Crippen molar-refractivity contribution in [1.82, 2.24) is 9.97 Å². The molecule has 0 aliphatic heterocycles. The number of nitrogens with zero attached hydrogens (tertiary/aromatic N) is 2. The standard InChI is InChI=1S/C13H12N4O2S/c1-7-15-9-4-8(2-3-11(9)19-7)16-13(18)10-6-20-12(5-14)17-10/h2-4,6H,5,14H2,1H3,(H,16,18). The summed E-state index contributed by atoms with van der Waals surface area (Å²) in [4.78, 5) is 20.4. The monoisotopic (exact) mass is 288 g/mol. The van der Waals surface area contributed by atoms with E-state index in [0.29, 0.717) is 34.9 Å². The number of anilines is 1. The summed E-state index contributed by atoms with van der Waals surface area (Å²) in [5, 5.41) is 5.20. The Morgan fingerprint density at radius 1 is 1.45 bits per heavy atom. The highest BCUT2D eigenvalue weighted by molar-refractivity contribution is 7.09. The van der Waals surface area contributed by atoms with Gasteiger partial charge in [0.05, 0.1) is 0 Å². The summed E-state index contributed by atoms with van der Waals surface area (Å²) in [6, 6.07) is 5.30. The summed E-state index contributed by atoms with van der Waals surface area (Å²) >= 11 is 1.37. The molecule has 3 rings (SSSR count). The molecule has 0 fully saturated rings. The summed E-state index contributed by atoms with van der Waals surface area (Å²) < 4.78 is 5.38. The molecule has 20 heavy (non-hydrogen) atoms. The number of amides is 1.